The fraction of sp³-hybridized carbons (Fsp3) is 0.304. The van der Waals surface area contributed by atoms with Gasteiger partial charge in [0.2, 0.25) is 23.6 Å². The van der Waals surface area contributed by atoms with Crippen molar-refractivity contribution in [2.75, 3.05) is 5.32 Å². The lowest BCUT2D eigenvalue weighted by Gasteiger charge is -2.29. The number of halogens is 2. The Labute approximate surface area is 193 Å². The zero-order valence-electron chi connectivity index (χ0n) is 17.3. The third-order valence-corrected chi connectivity index (χ3v) is 7.13. The number of benzene rings is 2. The maximum atomic E-state index is 14.2. The molecule has 4 N–H and O–H groups in total. The Kier molecular flexibility index (Phi) is 4.98. The quantitative estimate of drug-likeness (QED) is 0.574. The number of nitrogens with one attached hydrogen (secondary N) is 2. The number of likely N-dealkylation sites (tertiary alicyclic amines) is 1. The molecule has 1 spiro atoms. The molecule has 3 aliphatic heterocycles. The molecule has 0 saturated carbocycles. The van der Waals surface area contributed by atoms with E-state index in [1.165, 1.54) is 18.2 Å². The number of fused-ring (bicyclic) bond motifs is 4. The molecule has 5 rings (SSSR count). The van der Waals surface area contributed by atoms with E-state index in [1.54, 1.807) is 24.3 Å². The van der Waals surface area contributed by atoms with Gasteiger partial charge in [0.1, 0.15) is 11.4 Å². The highest BCUT2D eigenvalue weighted by molar-refractivity contribution is 6.31. The van der Waals surface area contributed by atoms with Crippen LogP contribution in [0.3, 0.4) is 0 Å². The summed E-state index contributed by atoms with van der Waals surface area (Å²) >= 11 is 6.24. The van der Waals surface area contributed by atoms with Gasteiger partial charge in [0.05, 0.1) is 18.4 Å². The van der Waals surface area contributed by atoms with Crippen molar-refractivity contribution in [1.82, 2.24) is 10.2 Å². The number of imide groups is 1. The molecule has 2 fully saturated rings. The summed E-state index contributed by atoms with van der Waals surface area (Å²) in [6, 6.07) is 10.00. The van der Waals surface area contributed by atoms with Crippen molar-refractivity contribution in [2.24, 2.45) is 17.6 Å². The number of nitrogens with two attached hydrogens (primary N) is 1. The lowest BCUT2D eigenvalue weighted by atomic mass is 9.76. The summed E-state index contributed by atoms with van der Waals surface area (Å²) in [5.41, 5.74) is 4.90. The summed E-state index contributed by atoms with van der Waals surface area (Å²) in [7, 11) is 0. The van der Waals surface area contributed by atoms with Gasteiger partial charge in [-0.05, 0) is 36.2 Å². The first-order valence-electron chi connectivity index (χ1n) is 10.5. The number of hydrogen-bond donors (Lipinski definition) is 3. The molecule has 170 valence electrons. The van der Waals surface area contributed by atoms with Crippen LogP contribution < -0.4 is 16.4 Å². The Morgan fingerprint density at radius 3 is 2.64 bits per heavy atom. The van der Waals surface area contributed by atoms with Crippen molar-refractivity contribution in [3.63, 3.8) is 0 Å². The molecule has 3 aliphatic rings. The zero-order valence-corrected chi connectivity index (χ0v) is 18.1. The Balaban J connectivity index is 1.60. The van der Waals surface area contributed by atoms with Gasteiger partial charge in [-0.15, -0.1) is 0 Å². The number of nitrogens with zero attached hydrogens (tertiary/aromatic N) is 1. The Hall–Kier alpha value is -3.30. The Bertz CT molecular complexity index is 1220. The van der Waals surface area contributed by atoms with Crippen LogP contribution in [0, 0.1) is 17.7 Å². The molecule has 3 heterocycles. The van der Waals surface area contributed by atoms with E-state index in [0.717, 1.165) is 4.90 Å². The van der Waals surface area contributed by atoms with Crippen LogP contribution in [0.1, 0.15) is 24.0 Å². The normalized spacial score (nSPS) is 27.8. The first-order chi connectivity index (χ1) is 15.7. The molecule has 2 aromatic carbocycles. The number of rotatable bonds is 5. The van der Waals surface area contributed by atoms with E-state index in [2.05, 4.69) is 10.6 Å². The smallest absolute Gasteiger partial charge is 0.250 e. The average Bonchev–Trinajstić information content (AvgIpc) is 3.34. The van der Waals surface area contributed by atoms with E-state index in [1.807, 2.05) is 0 Å². The van der Waals surface area contributed by atoms with Gasteiger partial charge in [0, 0.05) is 28.7 Å². The second-order valence-corrected chi connectivity index (χ2v) is 8.97. The fourth-order valence-corrected chi connectivity index (χ4v) is 5.53. The summed E-state index contributed by atoms with van der Waals surface area (Å²) in [5, 5.41) is 6.24. The van der Waals surface area contributed by atoms with Crippen LogP contribution >= 0.6 is 11.6 Å². The van der Waals surface area contributed by atoms with Crippen molar-refractivity contribution < 1.29 is 23.6 Å². The van der Waals surface area contributed by atoms with Crippen LogP contribution in [-0.2, 0) is 31.3 Å². The topological polar surface area (TPSA) is 122 Å². The van der Waals surface area contributed by atoms with Gasteiger partial charge >= 0.3 is 0 Å². The highest BCUT2D eigenvalue weighted by Crippen LogP contribution is 2.53. The number of carbonyl (C=O) groups excluding carboxylic acids is 4. The standard InChI is InChI=1S/C23H20ClFN4O4/c24-14-4-2-1-3-11(14)10-29-20(31)18-16(7-8-17(26)30)28-23(19(18)21(29)32)13-9-12(25)5-6-15(13)27-22(23)33/h1-6,9,16,18-19,28H,7-8,10H2,(H2,26,30)(H,27,33). The zero-order chi connectivity index (χ0) is 23.5. The Morgan fingerprint density at radius 2 is 1.91 bits per heavy atom. The SMILES string of the molecule is NC(=O)CCC1NC2(C(=O)Nc3ccc(F)cc32)C2C(=O)N(Cc3ccccc3Cl)C(=O)C12. The molecule has 0 aromatic heterocycles. The maximum Gasteiger partial charge on any atom is 0.250 e. The monoisotopic (exact) mass is 470 g/mol. The average molecular weight is 471 g/mol. The minimum atomic E-state index is -1.63. The van der Waals surface area contributed by atoms with Crippen molar-refractivity contribution in [3.8, 4) is 0 Å². The molecule has 2 aromatic rings. The van der Waals surface area contributed by atoms with Gasteiger partial charge in [0.15, 0.2) is 0 Å². The number of carbonyl (C=O) groups is 4. The molecule has 4 atom stereocenters. The van der Waals surface area contributed by atoms with Crippen LogP contribution in [0.2, 0.25) is 5.02 Å². The van der Waals surface area contributed by atoms with E-state index in [0.29, 0.717) is 16.3 Å². The van der Waals surface area contributed by atoms with Gasteiger partial charge in [0.25, 0.3) is 0 Å². The molecule has 10 heteroatoms. The van der Waals surface area contributed by atoms with Gasteiger partial charge in [-0.2, -0.15) is 0 Å². The fourth-order valence-electron chi connectivity index (χ4n) is 5.33. The molecule has 0 radical (unpaired) electrons. The maximum absolute atomic E-state index is 14.2. The van der Waals surface area contributed by atoms with Gasteiger partial charge in [-0.3, -0.25) is 29.4 Å². The lowest BCUT2D eigenvalue weighted by molar-refractivity contribution is -0.143. The highest BCUT2D eigenvalue weighted by atomic mass is 35.5. The van der Waals surface area contributed by atoms with Crippen molar-refractivity contribution in [1.29, 1.82) is 0 Å². The molecular weight excluding hydrogens is 451 g/mol. The predicted octanol–water partition coefficient (Wildman–Crippen LogP) is 1.67. The van der Waals surface area contributed by atoms with Gasteiger partial charge in [-0.25, -0.2) is 4.39 Å². The van der Waals surface area contributed by atoms with Crippen LogP contribution in [-0.4, -0.2) is 34.6 Å². The minimum absolute atomic E-state index is 0.0411. The van der Waals surface area contributed by atoms with Crippen LogP contribution in [0.15, 0.2) is 42.5 Å². The third kappa shape index (κ3) is 3.14. The van der Waals surface area contributed by atoms with E-state index in [-0.39, 0.29) is 24.9 Å². The second kappa shape index (κ2) is 7.64. The molecule has 2 saturated heterocycles. The van der Waals surface area contributed by atoms with Gasteiger partial charge in [-0.1, -0.05) is 29.8 Å². The molecule has 33 heavy (non-hydrogen) atoms. The third-order valence-electron chi connectivity index (χ3n) is 6.76. The summed E-state index contributed by atoms with van der Waals surface area (Å²) in [6.07, 6.45) is 0.107. The van der Waals surface area contributed by atoms with E-state index in [4.69, 9.17) is 17.3 Å². The molecule has 8 nitrogen and oxygen atoms in total. The largest absolute Gasteiger partial charge is 0.370 e. The van der Waals surface area contributed by atoms with Crippen molar-refractivity contribution >= 4 is 40.9 Å². The summed E-state index contributed by atoms with van der Waals surface area (Å²) in [6.45, 7) is -0.0550. The van der Waals surface area contributed by atoms with E-state index >= 15 is 0 Å². The van der Waals surface area contributed by atoms with Gasteiger partial charge < -0.3 is 11.1 Å². The Morgan fingerprint density at radius 1 is 1.15 bits per heavy atom. The first-order valence-corrected chi connectivity index (χ1v) is 10.9. The highest BCUT2D eigenvalue weighted by Gasteiger charge is 2.70. The minimum Gasteiger partial charge on any atom is -0.370 e. The molecular formula is C23H20ClFN4O4. The lowest BCUT2D eigenvalue weighted by Crippen LogP contribution is -2.53. The molecule has 0 bridgehead atoms. The van der Waals surface area contributed by atoms with E-state index in [9.17, 15) is 23.6 Å². The predicted molar refractivity (Wildman–Crippen MR) is 116 cm³/mol. The summed E-state index contributed by atoms with van der Waals surface area (Å²) < 4.78 is 14.2. The number of amides is 4. The molecule has 4 unspecified atom stereocenters. The van der Waals surface area contributed by atoms with Crippen molar-refractivity contribution in [3.05, 3.63) is 64.4 Å². The molecule has 4 amide bonds. The number of hydrogen-bond acceptors (Lipinski definition) is 5. The van der Waals surface area contributed by atoms with Crippen molar-refractivity contribution in [2.45, 2.75) is 31.0 Å². The second-order valence-electron chi connectivity index (χ2n) is 8.57. The number of primary amides is 1. The summed E-state index contributed by atoms with van der Waals surface area (Å²) in [4.78, 5) is 53.0. The number of anilines is 1. The van der Waals surface area contributed by atoms with Crippen LogP contribution in [0.5, 0.6) is 0 Å². The molecule has 0 aliphatic carbocycles. The van der Waals surface area contributed by atoms with Crippen LogP contribution in [0.4, 0.5) is 10.1 Å². The van der Waals surface area contributed by atoms with E-state index < -0.39 is 52.9 Å². The first kappa shape index (κ1) is 21.5. The summed E-state index contributed by atoms with van der Waals surface area (Å²) in [5.74, 6) is -4.73. The van der Waals surface area contributed by atoms with Crippen LogP contribution in [0.25, 0.3) is 0 Å².